The zero-order chi connectivity index (χ0) is 24.2. The van der Waals surface area contributed by atoms with Gasteiger partial charge in [-0.3, -0.25) is 0 Å². The van der Waals surface area contributed by atoms with Gasteiger partial charge < -0.3 is 18.9 Å². The second-order valence-corrected chi connectivity index (χ2v) is 8.48. The highest BCUT2D eigenvalue weighted by molar-refractivity contribution is 5.66. The van der Waals surface area contributed by atoms with Gasteiger partial charge in [0.05, 0.1) is 32.5 Å². The molecule has 0 amide bonds. The van der Waals surface area contributed by atoms with Crippen molar-refractivity contribution in [2.24, 2.45) is 11.8 Å². The average molecular weight is 480 g/mol. The van der Waals surface area contributed by atoms with Gasteiger partial charge in [-0.2, -0.15) is 4.39 Å². The summed E-state index contributed by atoms with van der Waals surface area (Å²) in [6, 6.07) is 4.98. The van der Waals surface area contributed by atoms with Gasteiger partial charge in [-0.05, 0) is 38.8 Å². The van der Waals surface area contributed by atoms with E-state index in [2.05, 4.69) is 0 Å². The molecule has 0 aliphatic carbocycles. The van der Waals surface area contributed by atoms with Gasteiger partial charge >= 0.3 is 0 Å². The normalized spacial score (nSPS) is 25.6. The standard InChI is InChI=1S/C26H28F4O4/c1-3-5-15-12-33-26(34-13-15)16-6-10-20(32-14-16)19-8-7-17(22(27)24(19)29)18-9-11-21(31-4-2)25(30)23(18)28/h3,5,7-9,11,15-16,20,26H,4,6,10,12-14H2,1-2H3/b5-3+. The minimum absolute atomic E-state index is 0.00378. The van der Waals surface area contributed by atoms with Gasteiger partial charge in [0.15, 0.2) is 29.5 Å². The second-order valence-electron chi connectivity index (χ2n) is 8.48. The molecule has 184 valence electrons. The van der Waals surface area contributed by atoms with E-state index in [9.17, 15) is 17.6 Å². The molecule has 4 nitrogen and oxygen atoms in total. The van der Waals surface area contributed by atoms with E-state index in [1.54, 1.807) is 6.92 Å². The SMILES string of the molecule is C/C=C/C1COC(C2CCC(c3ccc(-c4ccc(OCC)c(F)c4F)c(F)c3F)OC2)OC1. The summed E-state index contributed by atoms with van der Waals surface area (Å²) in [6.45, 7) is 5.14. The van der Waals surface area contributed by atoms with Crippen LogP contribution in [0.5, 0.6) is 5.75 Å². The predicted octanol–water partition coefficient (Wildman–Crippen LogP) is 6.34. The molecule has 0 saturated carbocycles. The van der Waals surface area contributed by atoms with Crippen molar-refractivity contribution < 1.29 is 36.5 Å². The molecule has 2 aliphatic heterocycles. The highest BCUT2D eigenvalue weighted by Gasteiger charge is 2.34. The Morgan fingerprint density at radius 1 is 0.853 bits per heavy atom. The topological polar surface area (TPSA) is 36.9 Å². The number of hydrogen-bond donors (Lipinski definition) is 0. The smallest absolute Gasteiger partial charge is 0.201 e. The second kappa shape index (κ2) is 10.9. The summed E-state index contributed by atoms with van der Waals surface area (Å²) >= 11 is 0. The van der Waals surface area contributed by atoms with Gasteiger partial charge in [0.2, 0.25) is 5.82 Å². The number of rotatable bonds is 6. The molecule has 0 aromatic heterocycles. The lowest BCUT2D eigenvalue weighted by molar-refractivity contribution is -0.235. The van der Waals surface area contributed by atoms with Crippen LogP contribution in [0.2, 0.25) is 0 Å². The summed E-state index contributed by atoms with van der Waals surface area (Å²) in [4.78, 5) is 0. The van der Waals surface area contributed by atoms with E-state index in [1.165, 1.54) is 24.3 Å². The van der Waals surface area contributed by atoms with Crippen LogP contribution in [0.25, 0.3) is 11.1 Å². The lowest BCUT2D eigenvalue weighted by Gasteiger charge is -2.37. The molecule has 8 heteroatoms. The van der Waals surface area contributed by atoms with Crippen molar-refractivity contribution >= 4 is 0 Å². The maximum atomic E-state index is 15.0. The highest BCUT2D eigenvalue weighted by atomic mass is 19.2. The first kappa shape index (κ1) is 24.7. The van der Waals surface area contributed by atoms with Crippen molar-refractivity contribution in [3.05, 3.63) is 65.2 Å². The van der Waals surface area contributed by atoms with E-state index in [1.807, 2.05) is 19.1 Å². The van der Waals surface area contributed by atoms with E-state index in [0.717, 1.165) is 0 Å². The fraction of sp³-hybridized carbons (Fsp3) is 0.462. The van der Waals surface area contributed by atoms with Crippen molar-refractivity contribution in [3.63, 3.8) is 0 Å². The maximum absolute atomic E-state index is 15.0. The summed E-state index contributed by atoms with van der Waals surface area (Å²) in [5, 5.41) is 0. The van der Waals surface area contributed by atoms with Crippen molar-refractivity contribution in [2.45, 2.75) is 39.1 Å². The lowest BCUT2D eigenvalue weighted by Crippen LogP contribution is -2.40. The molecule has 2 fully saturated rings. The van der Waals surface area contributed by atoms with Gasteiger partial charge in [0.25, 0.3) is 0 Å². The van der Waals surface area contributed by atoms with Gasteiger partial charge in [0, 0.05) is 28.5 Å². The zero-order valence-electron chi connectivity index (χ0n) is 19.2. The minimum Gasteiger partial charge on any atom is -0.491 e. The first-order valence-corrected chi connectivity index (χ1v) is 11.5. The van der Waals surface area contributed by atoms with E-state index in [0.29, 0.717) is 26.1 Å². The summed E-state index contributed by atoms with van der Waals surface area (Å²) in [5.74, 6) is -4.98. The Hall–Kier alpha value is -2.42. The highest BCUT2D eigenvalue weighted by Crippen LogP contribution is 2.38. The number of halogens is 4. The van der Waals surface area contributed by atoms with Crippen molar-refractivity contribution in [1.29, 1.82) is 0 Å². The third-order valence-corrected chi connectivity index (χ3v) is 6.21. The number of benzene rings is 2. The predicted molar refractivity (Wildman–Crippen MR) is 118 cm³/mol. The van der Waals surface area contributed by atoms with Crippen LogP contribution in [0.1, 0.15) is 38.4 Å². The molecule has 0 spiro atoms. The Morgan fingerprint density at radius 2 is 1.53 bits per heavy atom. The van der Waals surface area contributed by atoms with Gasteiger partial charge in [-0.15, -0.1) is 0 Å². The molecular weight excluding hydrogens is 452 g/mol. The molecule has 2 aromatic carbocycles. The summed E-state index contributed by atoms with van der Waals surface area (Å²) in [7, 11) is 0. The molecule has 0 N–H and O–H groups in total. The van der Waals surface area contributed by atoms with Crippen LogP contribution < -0.4 is 4.74 Å². The van der Waals surface area contributed by atoms with Crippen molar-refractivity contribution in [1.82, 2.24) is 0 Å². The molecule has 0 bridgehead atoms. The molecule has 2 aliphatic rings. The fourth-order valence-corrected chi connectivity index (χ4v) is 4.45. The molecule has 0 radical (unpaired) electrons. The van der Waals surface area contributed by atoms with Gasteiger partial charge in [-0.25, -0.2) is 13.2 Å². The summed E-state index contributed by atoms with van der Waals surface area (Å²) < 4.78 is 81.1. The third kappa shape index (κ3) is 4.99. The van der Waals surface area contributed by atoms with E-state index < -0.39 is 29.4 Å². The first-order chi connectivity index (χ1) is 16.4. The number of allylic oxidation sites excluding steroid dienone is 1. The summed E-state index contributed by atoms with van der Waals surface area (Å²) in [6.07, 6.45) is 4.08. The van der Waals surface area contributed by atoms with Crippen LogP contribution in [0.3, 0.4) is 0 Å². The fourth-order valence-electron chi connectivity index (χ4n) is 4.45. The van der Waals surface area contributed by atoms with Crippen LogP contribution in [0.4, 0.5) is 17.6 Å². The molecule has 2 aromatic rings. The maximum Gasteiger partial charge on any atom is 0.201 e. The zero-order valence-corrected chi connectivity index (χ0v) is 19.2. The Morgan fingerprint density at radius 3 is 2.15 bits per heavy atom. The quantitative estimate of drug-likeness (QED) is 0.357. The van der Waals surface area contributed by atoms with Crippen LogP contribution in [-0.4, -0.2) is 32.7 Å². The van der Waals surface area contributed by atoms with E-state index >= 15 is 0 Å². The van der Waals surface area contributed by atoms with Crippen LogP contribution in [0, 0.1) is 35.1 Å². The average Bonchev–Trinajstić information content (AvgIpc) is 2.85. The Kier molecular flexibility index (Phi) is 7.91. The first-order valence-electron chi connectivity index (χ1n) is 11.5. The Bertz CT molecular complexity index is 1030. The van der Waals surface area contributed by atoms with E-state index in [4.69, 9.17) is 18.9 Å². The molecule has 2 saturated heterocycles. The minimum atomic E-state index is -1.29. The molecular formula is C26H28F4O4. The Balaban J connectivity index is 1.45. The van der Waals surface area contributed by atoms with Crippen LogP contribution >= 0.6 is 0 Å². The number of ether oxygens (including phenoxy) is 4. The van der Waals surface area contributed by atoms with Crippen molar-refractivity contribution in [2.75, 3.05) is 26.4 Å². The molecule has 2 unspecified atom stereocenters. The number of hydrogen-bond acceptors (Lipinski definition) is 4. The third-order valence-electron chi connectivity index (χ3n) is 6.21. The largest absolute Gasteiger partial charge is 0.491 e. The van der Waals surface area contributed by atoms with E-state index in [-0.39, 0.29) is 53.8 Å². The van der Waals surface area contributed by atoms with Gasteiger partial charge in [0.1, 0.15) is 0 Å². The molecule has 2 atom stereocenters. The van der Waals surface area contributed by atoms with Crippen LogP contribution in [0.15, 0.2) is 36.4 Å². The monoisotopic (exact) mass is 480 g/mol. The van der Waals surface area contributed by atoms with Crippen molar-refractivity contribution in [3.8, 4) is 16.9 Å². The lowest BCUT2D eigenvalue weighted by atomic mass is 9.92. The molecule has 2 heterocycles. The Labute approximate surface area is 196 Å². The van der Waals surface area contributed by atoms with Gasteiger partial charge in [-0.1, -0.05) is 24.3 Å². The van der Waals surface area contributed by atoms with Crippen LogP contribution in [-0.2, 0) is 14.2 Å². The summed E-state index contributed by atoms with van der Waals surface area (Å²) in [5.41, 5.74) is -0.699. The molecule has 4 rings (SSSR count). The molecule has 34 heavy (non-hydrogen) atoms.